The lowest BCUT2D eigenvalue weighted by Crippen LogP contribution is -2.30. The van der Waals surface area contributed by atoms with Crippen molar-refractivity contribution in [2.75, 3.05) is 13.2 Å². The molecule has 55 heavy (non-hydrogen) atoms. The third-order valence-electron chi connectivity index (χ3n) is 11.0. The fourth-order valence-electron chi connectivity index (χ4n) is 7.33. The van der Waals surface area contributed by atoms with Crippen molar-refractivity contribution in [1.29, 1.82) is 0 Å². The molecule has 0 fully saturated rings. The van der Waals surface area contributed by atoms with Crippen LogP contribution in [0.15, 0.2) is 0 Å². The first-order valence-electron chi connectivity index (χ1n) is 24.4. The van der Waals surface area contributed by atoms with Gasteiger partial charge in [0.1, 0.15) is 13.2 Å². The predicted octanol–water partition coefficient (Wildman–Crippen LogP) is 15.5. The number of ether oxygens (including phenoxy) is 3. The average molecular weight is 779 g/mol. The van der Waals surface area contributed by atoms with Gasteiger partial charge in [-0.05, 0) is 25.2 Å². The Bertz CT molecular complexity index is 826. The maximum absolute atomic E-state index is 12.7. The Morgan fingerprint density at radius 1 is 0.345 bits per heavy atom. The highest BCUT2D eigenvalue weighted by Gasteiger charge is 2.19. The largest absolute Gasteiger partial charge is 0.462 e. The van der Waals surface area contributed by atoms with Crippen molar-refractivity contribution in [2.24, 2.45) is 5.92 Å². The first kappa shape index (κ1) is 53.4. The topological polar surface area (TPSA) is 78.9 Å². The fraction of sp³-hybridized carbons (Fsp3) is 0.939. The van der Waals surface area contributed by atoms with E-state index in [4.69, 9.17) is 14.2 Å². The second-order valence-corrected chi connectivity index (χ2v) is 17.2. The summed E-state index contributed by atoms with van der Waals surface area (Å²) in [7, 11) is 0. The number of rotatable bonds is 44. The lowest BCUT2D eigenvalue weighted by molar-refractivity contribution is -0.167. The normalized spacial score (nSPS) is 11.9. The molecule has 0 aromatic carbocycles. The first-order chi connectivity index (χ1) is 26.9. The van der Waals surface area contributed by atoms with E-state index in [9.17, 15) is 14.4 Å². The van der Waals surface area contributed by atoms with E-state index in [1.807, 2.05) is 0 Å². The molecule has 6 nitrogen and oxygen atoms in total. The van der Waals surface area contributed by atoms with Gasteiger partial charge >= 0.3 is 17.9 Å². The molecule has 0 aliphatic rings. The molecule has 0 N–H and O–H groups in total. The zero-order chi connectivity index (χ0) is 40.3. The summed E-state index contributed by atoms with van der Waals surface area (Å²) >= 11 is 0. The van der Waals surface area contributed by atoms with Crippen LogP contribution in [0.25, 0.3) is 0 Å². The van der Waals surface area contributed by atoms with Gasteiger partial charge in [-0.15, -0.1) is 0 Å². The highest BCUT2D eigenvalue weighted by Crippen LogP contribution is 2.16. The Morgan fingerprint density at radius 3 is 0.891 bits per heavy atom. The molecule has 0 spiro atoms. The van der Waals surface area contributed by atoms with Gasteiger partial charge in [0, 0.05) is 19.3 Å². The molecule has 6 heteroatoms. The Kier molecular flexibility index (Phi) is 42.3. The number of hydrogen-bond acceptors (Lipinski definition) is 6. The minimum absolute atomic E-state index is 0.0636. The second kappa shape index (κ2) is 43.5. The summed E-state index contributed by atoms with van der Waals surface area (Å²) < 4.78 is 16.7. The van der Waals surface area contributed by atoms with Gasteiger partial charge in [-0.1, -0.05) is 233 Å². The van der Waals surface area contributed by atoms with Gasteiger partial charge in [-0.2, -0.15) is 0 Å². The van der Waals surface area contributed by atoms with Gasteiger partial charge in [0.15, 0.2) is 6.10 Å². The third-order valence-corrected chi connectivity index (χ3v) is 11.0. The van der Waals surface area contributed by atoms with E-state index in [2.05, 4.69) is 27.7 Å². The second-order valence-electron chi connectivity index (χ2n) is 17.2. The molecule has 0 bridgehead atoms. The quantitative estimate of drug-likeness (QED) is 0.0348. The zero-order valence-electron chi connectivity index (χ0n) is 37.4. The summed E-state index contributed by atoms with van der Waals surface area (Å²) in [5.41, 5.74) is 0. The molecular formula is C49H94O6. The Labute approximate surface area is 342 Å². The van der Waals surface area contributed by atoms with Crippen LogP contribution >= 0.6 is 0 Å². The molecule has 0 aliphatic carbocycles. The molecule has 0 aromatic heterocycles. The summed E-state index contributed by atoms with van der Waals surface area (Å²) in [6.45, 7) is 8.97. The summed E-state index contributed by atoms with van der Waals surface area (Å²) in [4.78, 5) is 37.7. The van der Waals surface area contributed by atoms with Gasteiger partial charge in [0.25, 0.3) is 0 Å². The van der Waals surface area contributed by atoms with Crippen molar-refractivity contribution in [1.82, 2.24) is 0 Å². The SMILES string of the molecule is CCCCCCCCCCCCCCCCCCC(=O)OC[C@@H](COC(=O)CCCCCCCCCCCC(C)C)OC(=O)CCCCCCCCCCC. The lowest BCUT2D eigenvalue weighted by atomic mass is 10.0. The van der Waals surface area contributed by atoms with E-state index in [-0.39, 0.29) is 31.1 Å². The van der Waals surface area contributed by atoms with Crippen LogP contribution in [0.1, 0.15) is 272 Å². The molecule has 0 amide bonds. The molecule has 0 rings (SSSR count). The van der Waals surface area contributed by atoms with Gasteiger partial charge in [-0.25, -0.2) is 0 Å². The number of hydrogen-bond donors (Lipinski definition) is 0. The smallest absolute Gasteiger partial charge is 0.306 e. The minimum atomic E-state index is -0.759. The Morgan fingerprint density at radius 2 is 0.600 bits per heavy atom. The number of carbonyl (C=O) groups is 3. The molecule has 1 atom stereocenters. The number of carbonyl (C=O) groups excluding carboxylic acids is 3. The van der Waals surface area contributed by atoms with Crippen molar-refractivity contribution >= 4 is 17.9 Å². The predicted molar refractivity (Wildman–Crippen MR) is 233 cm³/mol. The van der Waals surface area contributed by atoms with Crippen LogP contribution in [0.3, 0.4) is 0 Å². The van der Waals surface area contributed by atoms with Crippen molar-refractivity contribution < 1.29 is 28.6 Å². The molecular weight excluding hydrogens is 685 g/mol. The van der Waals surface area contributed by atoms with E-state index >= 15 is 0 Å². The standard InChI is InChI=1S/C49H94O6/c1-5-7-9-11-13-15-16-17-18-19-20-21-25-28-32-36-40-47(50)53-43-46(55-49(52)42-38-34-30-23-14-12-10-8-6-2)44-54-48(51)41-37-33-29-26-22-24-27-31-35-39-45(3)4/h45-46H,5-44H2,1-4H3/t46-/m0/s1. The molecule has 0 aliphatic heterocycles. The summed E-state index contributed by atoms with van der Waals surface area (Å²) in [5.74, 6) is -0.0440. The van der Waals surface area contributed by atoms with E-state index in [0.717, 1.165) is 63.7 Å². The molecule has 0 aromatic rings. The number of esters is 3. The van der Waals surface area contributed by atoms with Crippen molar-refractivity contribution in [3.05, 3.63) is 0 Å². The van der Waals surface area contributed by atoms with Gasteiger partial charge in [-0.3, -0.25) is 14.4 Å². The number of unbranched alkanes of at least 4 members (excludes halogenated alkanes) is 31. The molecule has 0 radical (unpaired) electrons. The summed E-state index contributed by atoms with van der Waals surface area (Å²) in [6.07, 6.45) is 43.8. The van der Waals surface area contributed by atoms with Gasteiger partial charge < -0.3 is 14.2 Å². The zero-order valence-corrected chi connectivity index (χ0v) is 37.4. The van der Waals surface area contributed by atoms with Crippen molar-refractivity contribution in [3.8, 4) is 0 Å². The molecule has 0 saturated carbocycles. The van der Waals surface area contributed by atoms with Gasteiger partial charge in [0.05, 0.1) is 0 Å². The van der Waals surface area contributed by atoms with E-state index < -0.39 is 6.10 Å². The van der Waals surface area contributed by atoms with Gasteiger partial charge in [0.2, 0.25) is 0 Å². The highest BCUT2D eigenvalue weighted by atomic mass is 16.6. The van der Waals surface area contributed by atoms with Crippen LogP contribution < -0.4 is 0 Å². The molecule has 0 unspecified atom stereocenters. The van der Waals surface area contributed by atoms with Crippen molar-refractivity contribution in [2.45, 2.75) is 278 Å². The lowest BCUT2D eigenvalue weighted by Gasteiger charge is -2.18. The van der Waals surface area contributed by atoms with E-state index in [0.29, 0.717) is 19.3 Å². The van der Waals surface area contributed by atoms with Crippen LogP contribution in [0.4, 0.5) is 0 Å². The van der Waals surface area contributed by atoms with Crippen molar-refractivity contribution in [3.63, 3.8) is 0 Å². The Balaban J connectivity index is 4.25. The third kappa shape index (κ3) is 43.4. The summed E-state index contributed by atoms with van der Waals surface area (Å²) in [5, 5.41) is 0. The monoisotopic (exact) mass is 779 g/mol. The minimum Gasteiger partial charge on any atom is -0.462 e. The molecule has 0 heterocycles. The van der Waals surface area contributed by atoms with E-state index in [1.165, 1.54) is 167 Å². The molecule has 0 saturated heterocycles. The van der Waals surface area contributed by atoms with Crippen LogP contribution in [-0.2, 0) is 28.6 Å². The fourth-order valence-corrected chi connectivity index (χ4v) is 7.33. The maximum Gasteiger partial charge on any atom is 0.306 e. The highest BCUT2D eigenvalue weighted by molar-refractivity contribution is 5.71. The average Bonchev–Trinajstić information content (AvgIpc) is 3.17. The molecule has 326 valence electrons. The summed E-state index contributed by atoms with van der Waals surface area (Å²) in [6, 6.07) is 0. The Hall–Kier alpha value is -1.59. The van der Waals surface area contributed by atoms with Crippen LogP contribution in [-0.4, -0.2) is 37.2 Å². The maximum atomic E-state index is 12.7. The van der Waals surface area contributed by atoms with E-state index in [1.54, 1.807) is 0 Å². The first-order valence-corrected chi connectivity index (χ1v) is 24.4. The van der Waals surface area contributed by atoms with Crippen LogP contribution in [0, 0.1) is 5.92 Å². The van der Waals surface area contributed by atoms with Crippen LogP contribution in [0.5, 0.6) is 0 Å². The van der Waals surface area contributed by atoms with Crippen LogP contribution in [0.2, 0.25) is 0 Å².